The van der Waals surface area contributed by atoms with E-state index < -0.39 is 23.3 Å². The molecule has 2 atom stereocenters. The van der Waals surface area contributed by atoms with Gasteiger partial charge in [0.15, 0.2) is 0 Å². The van der Waals surface area contributed by atoms with Gasteiger partial charge in [-0.25, -0.2) is 41.8 Å². The van der Waals surface area contributed by atoms with Crippen molar-refractivity contribution in [1.29, 1.82) is 0 Å². The molecule has 2 unspecified atom stereocenters. The number of carbonyl (C=O) groups is 2. The van der Waals surface area contributed by atoms with Crippen LogP contribution >= 0.6 is 0 Å². The van der Waals surface area contributed by atoms with Gasteiger partial charge in [0.05, 0.1) is 12.2 Å². The molecule has 0 radical (unpaired) electrons. The number of nitrogens with zero attached hydrogens (tertiary/aromatic N) is 2. The molecule has 6 aromatic rings. The Morgan fingerprint density at radius 1 is 0.564 bits per heavy atom. The van der Waals surface area contributed by atoms with Crippen LogP contribution in [-0.2, 0) is 31.2 Å². The number of hydrogen-bond donors (Lipinski definition) is 0. The molecular formula is C44H38F4N2O4Ti. The minimum Gasteiger partial charge on any atom is -0.376 e. The number of anilines is 2. The third kappa shape index (κ3) is 13.0. The molecule has 2 aliphatic heterocycles. The van der Waals surface area contributed by atoms with Gasteiger partial charge in [-0.2, -0.15) is 36.4 Å². The van der Waals surface area contributed by atoms with Crippen LogP contribution < -0.4 is 9.80 Å². The minimum absolute atomic E-state index is 0. The van der Waals surface area contributed by atoms with Gasteiger partial charge in [0.1, 0.15) is 0 Å². The third-order valence-electron chi connectivity index (χ3n) is 8.27. The Kier molecular flexibility index (Phi) is 17.3. The second-order valence-electron chi connectivity index (χ2n) is 12.1. The summed E-state index contributed by atoms with van der Waals surface area (Å²) in [5.74, 6) is -4.07. The van der Waals surface area contributed by atoms with Crippen molar-refractivity contribution in [2.24, 2.45) is 0 Å². The summed E-state index contributed by atoms with van der Waals surface area (Å²) in [7, 11) is 0. The fourth-order valence-electron chi connectivity index (χ4n) is 5.25. The summed E-state index contributed by atoms with van der Waals surface area (Å²) < 4.78 is 64.8. The maximum absolute atomic E-state index is 14.0. The maximum Gasteiger partial charge on any atom is 4.00 e. The van der Waals surface area contributed by atoms with Gasteiger partial charge >= 0.3 is 21.7 Å². The topological polar surface area (TPSA) is 59.1 Å². The molecule has 0 aromatic heterocycles. The van der Waals surface area contributed by atoms with E-state index in [0.717, 1.165) is 25.0 Å². The van der Waals surface area contributed by atoms with Crippen LogP contribution in [0.3, 0.4) is 0 Å². The van der Waals surface area contributed by atoms with Crippen molar-refractivity contribution in [2.75, 3.05) is 36.1 Å². The van der Waals surface area contributed by atoms with Gasteiger partial charge in [0.2, 0.25) is 11.8 Å². The summed E-state index contributed by atoms with van der Waals surface area (Å²) in [5, 5.41) is 0. The summed E-state index contributed by atoms with van der Waals surface area (Å²) in [6, 6.07) is 45.8. The van der Waals surface area contributed by atoms with E-state index in [1.807, 2.05) is 72.8 Å². The number of hydrogen-bond acceptors (Lipinski definition) is 4. The molecule has 55 heavy (non-hydrogen) atoms. The molecule has 2 heterocycles. The van der Waals surface area contributed by atoms with E-state index in [-0.39, 0.29) is 70.2 Å². The molecular weight excluding hydrogens is 744 g/mol. The van der Waals surface area contributed by atoms with Gasteiger partial charge in [-0.1, -0.05) is 36.4 Å². The standard InChI is InChI=1S/2C17H14F2NO2.2C5H5.Ti/c2*18-13-6-7-16(15(19)10-13)20(11-14-8-9-22-14)17(21)12-4-2-1-3-5-12;2*1-2-4-5-3-1;/h2*1-7,14H,8-9,11H2;2*1-5H;/q4*-1;+4. The monoisotopic (exact) mass is 782 g/mol. The molecule has 6 aromatic carbocycles. The van der Waals surface area contributed by atoms with Crippen LogP contribution in [0.5, 0.6) is 0 Å². The summed E-state index contributed by atoms with van der Waals surface area (Å²) in [5.41, 5.74) is 0.882. The van der Waals surface area contributed by atoms with Crippen LogP contribution in [-0.4, -0.2) is 50.3 Å². The molecule has 0 N–H and O–H groups in total. The van der Waals surface area contributed by atoms with Crippen molar-refractivity contribution < 1.29 is 58.3 Å². The van der Waals surface area contributed by atoms with E-state index in [4.69, 9.17) is 9.47 Å². The summed E-state index contributed by atoms with van der Waals surface area (Å²) >= 11 is 0. The Hall–Kier alpha value is -5.13. The van der Waals surface area contributed by atoms with Crippen molar-refractivity contribution in [1.82, 2.24) is 0 Å². The number of halogens is 4. The Balaban J connectivity index is 0.000000192. The molecule has 2 fully saturated rings. The number of carbonyl (C=O) groups excluding carboxylic acids is 2. The number of amides is 2. The van der Waals surface area contributed by atoms with Gasteiger partial charge in [-0.15, -0.1) is 36.4 Å². The molecule has 2 saturated heterocycles. The van der Waals surface area contributed by atoms with Crippen molar-refractivity contribution in [3.63, 3.8) is 0 Å². The summed E-state index contributed by atoms with van der Waals surface area (Å²) in [6.07, 6.45) is 1.37. The quantitative estimate of drug-likeness (QED) is 0.0879. The number of ether oxygens (including phenoxy) is 2. The predicted octanol–water partition coefficient (Wildman–Crippen LogP) is 9.21. The zero-order valence-electron chi connectivity index (χ0n) is 29.8. The second-order valence-corrected chi connectivity index (χ2v) is 12.1. The number of benzene rings is 4. The molecule has 280 valence electrons. The molecule has 2 aliphatic rings. The zero-order valence-corrected chi connectivity index (χ0v) is 31.4. The molecule has 11 heteroatoms. The molecule has 0 saturated carbocycles. The van der Waals surface area contributed by atoms with Crippen molar-refractivity contribution in [3.8, 4) is 0 Å². The number of rotatable bonds is 8. The molecule has 0 spiro atoms. The first-order valence-electron chi connectivity index (χ1n) is 17.3. The summed E-state index contributed by atoms with van der Waals surface area (Å²) in [6.45, 7) is 1.72. The Bertz CT molecular complexity index is 1810. The van der Waals surface area contributed by atoms with Gasteiger partial charge < -0.3 is 19.3 Å². The first-order chi connectivity index (χ1) is 26.3. The van der Waals surface area contributed by atoms with Gasteiger partial charge in [0, 0.05) is 60.7 Å². The van der Waals surface area contributed by atoms with Gasteiger partial charge in [0.25, 0.3) is 0 Å². The van der Waals surface area contributed by atoms with Crippen LogP contribution in [0.25, 0.3) is 0 Å². The zero-order chi connectivity index (χ0) is 38.1. The molecule has 0 bridgehead atoms. The van der Waals surface area contributed by atoms with Crippen molar-refractivity contribution in [3.05, 3.63) is 192 Å². The van der Waals surface area contributed by atoms with Crippen LogP contribution in [0, 0.1) is 35.4 Å². The van der Waals surface area contributed by atoms with E-state index in [0.29, 0.717) is 24.3 Å². The average Bonchev–Trinajstić information content (AvgIpc) is 3.94. The van der Waals surface area contributed by atoms with Gasteiger partial charge in [-0.3, -0.25) is 9.59 Å². The van der Waals surface area contributed by atoms with Crippen LogP contribution in [0.15, 0.2) is 146 Å². The Morgan fingerprint density at radius 2 is 0.909 bits per heavy atom. The Morgan fingerprint density at radius 3 is 1.16 bits per heavy atom. The van der Waals surface area contributed by atoms with Crippen molar-refractivity contribution in [2.45, 2.75) is 25.0 Å². The SMILES string of the molecule is O=C(c1ccccc1)N(CC1CCO1)c1ccc(F)[c-]c1F.O=C(c1ccccc1)N(CC1CCO1)c1ccc(F)[c-]c1F.[Ti+4].c1cc[cH-]c1.c1cc[cH-]c1. The van der Waals surface area contributed by atoms with E-state index in [9.17, 15) is 27.2 Å². The maximum atomic E-state index is 14.0. The molecule has 6 nitrogen and oxygen atoms in total. The minimum atomic E-state index is -0.886. The normalized spacial score (nSPS) is 15.0. The van der Waals surface area contributed by atoms with Crippen LogP contribution in [0.4, 0.5) is 28.9 Å². The van der Waals surface area contributed by atoms with E-state index in [1.54, 1.807) is 60.7 Å². The first-order valence-corrected chi connectivity index (χ1v) is 17.3. The smallest absolute Gasteiger partial charge is 0.376 e. The fraction of sp³-hybridized carbons (Fsp3) is 0.182. The van der Waals surface area contributed by atoms with Crippen molar-refractivity contribution >= 4 is 23.2 Å². The molecule has 2 amide bonds. The van der Waals surface area contributed by atoms with Crippen LogP contribution in [0.2, 0.25) is 0 Å². The largest absolute Gasteiger partial charge is 4.00 e. The Labute approximate surface area is 333 Å². The predicted molar refractivity (Wildman–Crippen MR) is 199 cm³/mol. The van der Waals surface area contributed by atoms with E-state index in [2.05, 4.69) is 0 Å². The van der Waals surface area contributed by atoms with E-state index >= 15 is 0 Å². The average molecular weight is 783 g/mol. The third-order valence-corrected chi connectivity index (χ3v) is 8.27. The second kappa shape index (κ2) is 22.3. The first kappa shape index (κ1) is 42.6. The van der Waals surface area contributed by atoms with E-state index in [1.165, 1.54) is 21.9 Å². The molecule has 0 aliphatic carbocycles. The summed E-state index contributed by atoms with van der Waals surface area (Å²) in [4.78, 5) is 27.9. The molecule has 8 rings (SSSR count). The van der Waals surface area contributed by atoms with Gasteiger partial charge in [-0.05, 0) is 48.5 Å². The fourth-order valence-corrected chi connectivity index (χ4v) is 5.25. The van der Waals surface area contributed by atoms with Crippen LogP contribution in [0.1, 0.15) is 33.6 Å².